The molecule has 0 aromatic heterocycles. The second-order valence-corrected chi connectivity index (χ2v) is 6.27. The van der Waals surface area contributed by atoms with E-state index in [2.05, 4.69) is 5.32 Å². The van der Waals surface area contributed by atoms with Crippen molar-refractivity contribution in [1.29, 1.82) is 0 Å². The minimum absolute atomic E-state index is 0.0388. The first-order valence-corrected chi connectivity index (χ1v) is 7.64. The summed E-state index contributed by atoms with van der Waals surface area (Å²) >= 11 is 0. The summed E-state index contributed by atoms with van der Waals surface area (Å²) in [6.07, 6.45) is 5.20. The van der Waals surface area contributed by atoms with Gasteiger partial charge < -0.3 is 15.0 Å². The normalized spacial score (nSPS) is 26.1. The molecule has 0 bridgehead atoms. The Morgan fingerprint density at radius 3 is 2.50 bits per heavy atom. The third-order valence-corrected chi connectivity index (χ3v) is 4.58. The van der Waals surface area contributed by atoms with Crippen LogP contribution in [-0.4, -0.2) is 48.1 Å². The molecule has 1 unspecified atom stereocenters. The highest BCUT2D eigenvalue weighted by Crippen LogP contribution is 2.31. The van der Waals surface area contributed by atoms with Gasteiger partial charge in [0.05, 0.1) is 6.04 Å². The molecular weight excluding hydrogens is 256 g/mol. The highest BCUT2D eigenvalue weighted by Gasteiger charge is 2.42. The Hall–Kier alpha value is -1.10. The van der Waals surface area contributed by atoms with Gasteiger partial charge in [-0.05, 0) is 26.7 Å². The maximum Gasteiger partial charge on any atom is 0.252 e. The Morgan fingerprint density at radius 2 is 2.00 bits per heavy atom. The van der Waals surface area contributed by atoms with Crippen molar-refractivity contribution >= 4 is 11.8 Å². The van der Waals surface area contributed by atoms with Gasteiger partial charge in [0.2, 0.25) is 5.91 Å². The van der Waals surface area contributed by atoms with Crippen molar-refractivity contribution in [2.24, 2.45) is 0 Å². The van der Waals surface area contributed by atoms with Crippen LogP contribution in [0.5, 0.6) is 0 Å². The fourth-order valence-corrected chi connectivity index (χ4v) is 3.29. The molecule has 2 rings (SSSR count). The number of carbonyl (C=O) groups is 2. The third kappa shape index (κ3) is 2.97. The number of hydrogen-bond donors (Lipinski definition) is 1. The van der Waals surface area contributed by atoms with E-state index in [1.165, 1.54) is 6.42 Å². The van der Waals surface area contributed by atoms with Gasteiger partial charge in [-0.15, -0.1) is 0 Å². The summed E-state index contributed by atoms with van der Waals surface area (Å²) in [7, 11) is 1.62. The fraction of sp³-hybridized carbons (Fsp3) is 0.867. The molecule has 1 aliphatic carbocycles. The molecule has 1 aliphatic heterocycles. The minimum Gasteiger partial charge on any atom is -0.368 e. The number of rotatable bonds is 4. The van der Waals surface area contributed by atoms with Gasteiger partial charge in [-0.3, -0.25) is 9.59 Å². The molecule has 0 spiro atoms. The molecule has 5 heteroatoms. The summed E-state index contributed by atoms with van der Waals surface area (Å²) in [5.41, 5.74) is -0.674. The van der Waals surface area contributed by atoms with Crippen molar-refractivity contribution in [2.45, 2.75) is 70.1 Å². The molecule has 0 aromatic rings. The molecular formula is C15H26N2O3. The monoisotopic (exact) mass is 282 g/mol. The highest BCUT2D eigenvalue weighted by atomic mass is 16.5. The van der Waals surface area contributed by atoms with E-state index in [0.717, 1.165) is 25.7 Å². The van der Waals surface area contributed by atoms with Gasteiger partial charge in [0.1, 0.15) is 5.60 Å². The van der Waals surface area contributed by atoms with Gasteiger partial charge in [0, 0.05) is 26.1 Å². The summed E-state index contributed by atoms with van der Waals surface area (Å²) in [6, 6.07) is 0.113. The standard InChI is InChI=1S/C15H26N2O3/c1-11(2)17-10-12(9-13(17)18)16-14(19)15(20-3)7-5-4-6-8-15/h11-12H,4-10H2,1-3H3,(H,16,19). The maximum absolute atomic E-state index is 12.5. The molecule has 114 valence electrons. The molecule has 1 atom stereocenters. The summed E-state index contributed by atoms with van der Waals surface area (Å²) in [5, 5.41) is 3.03. The van der Waals surface area contributed by atoms with Crippen LogP contribution in [-0.2, 0) is 14.3 Å². The van der Waals surface area contributed by atoms with E-state index in [0.29, 0.717) is 13.0 Å². The summed E-state index contributed by atoms with van der Waals surface area (Å²) < 4.78 is 5.54. The van der Waals surface area contributed by atoms with E-state index in [1.54, 1.807) is 7.11 Å². The van der Waals surface area contributed by atoms with Gasteiger partial charge in [-0.1, -0.05) is 19.3 Å². The molecule has 1 N–H and O–H groups in total. The van der Waals surface area contributed by atoms with Crippen LogP contribution in [0.2, 0.25) is 0 Å². The molecule has 1 saturated heterocycles. The van der Waals surface area contributed by atoms with Crippen LogP contribution in [0.4, 0.5) is 0 Å². The molecule has 5 nitrogen and oxygen atoms in total. The van der Waals surface area contributed by atoms with E-state index in [4.69, 9.17) is 4.74 Å². The van der Waals surface area contributed by atoms with E-state index in [-0.39, 0.29) is 23.9 Å². The third-order valence-electron chi connectivity index (χ3n) is 4.58. The van der Waals surface area contributed by atoms with Crippen molar-refractivity contribution in [3.05, 3.63) is 0 Å². The SMILES string of the molecule is COC1(C(=O)NC2CC(=O)N(C(C)C)C2)CCCCC1. The highest BCUT2D eigenvalue weighted by molar-refractivity contribution is 5.87. The number of methoxy groups -OCH3 is 1. The molecule has 1 heterocycles. The topological polar surface area (TPSA) is 58.6 Å². The number of amides is 2. The smallest absolute Gasteiger partial charge is 0.252 e. The minimum atomic E-state index is -0.674. The van der Waals surface area contributed by atoms with Gasteiger partial charge >= 0.3 is 0 Å². The van der Waals surface area contributed by atoms with Crippen molar-refractivity contribution in [3.63, 3.8) is 0 Å². The van der Waals surface area contributed by atoms with E-state index < -0.39 is 5.60 Å². The number of nitrogens with zero attached hydrogens (tertiary/aromatic N) is 1. The van der Waals surface area contributed by atoms with Crippen LogP contribution in [0, 0.1) is 0 Å². The number of hydrogen-bond acceptors (Lipinski definition) is 3. The second-order valence-electron chi connectivity index (χ2n) is 6.27. The van der Waals surface area contributed by atoms with Crippen LogP contribution in [0.1, 0.15) is 52.4 Å². The Kier molecular flexibility index (Phi) is 4.68. The van der Waals surface area contributed by atoms with Gasteiger partial charge in [0.25, 0.3) is 5.91 Å². The van der Waals surface area contributed by atoms with E-state index in [9.17, 15) is 9.59 Å². The Bertz CT molecular complexity index is 375. The molecule has 2 amide bonds. The lowest BCUT2D eigenvalue weighted by Gasteiger charge is -2.35. The summed E-state index contributed by atoms with van der Waals surface area (Å²) in [6.45, 7) is 4.61. The summed E-state index contributed by atoms with van der Waals surface area (Å²) in [5.74, 6) is 0.0866. The van der Waals surface area contributed by atoms with Crippen molar-refractivity contribution in [1.82, 2.24) is 10.2 Å². The lowest BCUT2D eigenvalue weighted by molar-refractivity contribution is -0.148. The van der Waals surface area contributed by atoms with Crippen LogP contribution >= 0.6 is 0 Å². The van der Waals surface area contributed by atoms with Crippen molar-refractivity contribution in [2.75, 3.05) is 13.7 Å². The Labute approximate surface area is 121 Å². The first-order chi connectivity index (χ1) is 9.48. The second kappa shape index (κ2) is 6.12. The molecule has 0 aromatic carbocycles. The van der Waals surface area contributed by atoms with E-state index in [1.807, 2.05) is 18.7 Å². The molecule has 2 fully saturated rings. The zero-order chi connectivity index (χ0) is 14.8. The van der Waals surface area contributed by atoms with E-state index >= 15 is 0 Å². The fourth-order valence-electron chi connectivity index (χ4n) is 3.29. The van der Waals surface area contributed by atoms with Crippen molar-refractivity contribution < 1.29 is 14.3 Å². The predicted molar refractivity (Wildman–Crippen MR) is 76.2 cm³/mol. The molecule has 0 radical (unpaired) electrons. The molecule has 2 aliphatic rings. The lowest BCUT2D eigenvalue weighted by atomic mass is 9.83. The maximum atomic E-state index is 12.5. The van der Waals surface area contributed by atoms with Crippen molar-refractivity contribution in [3.8, 4) is 0 Å². The van der Waals surface area contributed by atoms with Crippen LogP contribution < -0.4 is 5.32 Å². The first-order valence-electron chi connectivity index (χ1n) is 7.64. The quantitative estimate of drug-likeness (QED) is 0.849. The number of nitrogens with one attached hydrogen (secondary N) is 1. The lowest BCUT2D eigenvalue weighted by Crippen LogP contribution is -2.53. The zero-order valence-electron chi connectivity index (χ0n) is 12.8. The van der Waals surface area contributed by atoms with Crippen LogP contribution in [0.25, 0.3) is 0 Å². The van der Waals surface area contributed by atoms with Crippen LogP contribution in [0.3, 0.4) is 0 Å². The average Bonchev–Trinajstić information content (AvgIpc) is 2.80. The van der Waals surface area contributed by atoms with Gasteiger partial charge in [-0.25, -0.2) is 0 Å². The number of carbonyl (C=O) groups excluding carboxylic acids is 2. The Balaban J connectivity index is 1.96. The van der Waals surface area contributed by atoms with Gasteiger partial charge in [0.15, 0.2) is 0 Å². The van der Waals surface area contributed by atoms with Gasteiger partial charge in [-0.2, -0.15) is 0 Å². The number of ether oxygens (including phenoxy) is 1. The first kappa shape index (κ1) is 15.3. The Morgan fingerprint density at radius 1 is 1.35 bits per heavy atom. The zero-order valence-corrected chi connectivity index (χ0v) is 12.8. The predicted octanol–water partition coefficient (Wildman–Crippen LogP) is 1.46. The largest absolute Gasteiger partial charge is 0.368 e. The number of likely N-dealkylation sites (tertiary alicyclic amines) is 1. The molecule has 20 heavy (non-hydrogen) atoms. The molecule has 1 saturated carbocycles. The summed E-state index contributed by atoms with van der Waals surface area (Å²) in [4.78, 5) is 26.2. The van der Waals surface area contributed by atoms with Crippen LogP contribution in [0.15, 0.2) is 0 Å². The average molecular weight is 282 g/mol.